The Kier molecular flexibility index (Phi) is 31.4. The third kappa shape index (κ3) is 24.4. The number of hydrogen-bond acceptors (Lipinski definition) is 9. The molecule has 1 fully saturated rings. The Morgan fingerprint density at radius 2 is 1.09 bits per heavy atom. The molecule has 1 heterocycles. The van der Waals surface area contributed by atoms with E-state index in [4.69, 9.17) is 9.47 Å². The van der Waals surface area contributed by atoms with Gasteiger partial charge in [0.15, 0.2) is 12.1 Å². The minimum atomic E-state index is -1.62. The summed E-state index contributed by atoms with van der Waals surface area (Å²) in [6.07, 6.45) is 25.7. The minimum absolute atomic E-state index is 0.294. The molecule has 0 saturated carbocycles. The highest BCUT2D eigenvalue weighted by molar-refractivity contribution is 5.86. The maximum absolute atomic E-state index is 13.4. The number of ether oxygens (including phenoxy) is 2. The van der Waals surface area contributed by atoms with E-state index >= 15 is 0 Å². The van der Waals surface area contributed by atoms with Gasteiger partial charge in [-0.15, -0.1) is 0 Å². The molecule has 0 radical (unpaired) electrons. The molecule has 1 saturated heterocycles. The smallest absolute Gasteiger partial charge is 0.186 e. The van der Waals surface area contributed by atoms with E-state index in [2.05, 4.69) is 20.8 Å². The number of hydrogen-bond donors (Lipinski definition) is 6. The van der Waals surface area contributed by atoms with Crippen LogP contribution in [0.15, 0.2) is 12.2 Å². The first-order chi connectivity index (χ1) is 25.6. The molecule has 0 bridgehead atoms. The Labute approximate surface area is 324 Å². The third-order valence-electron chi connectivity index (χ3n) is 11.0. The van der Waals surface area contributed by atoms with Gasteiger partial charge in [0.05, 0.1) is 25.2 Å². The highest BCUT2D eigenvalue weighted by atomic mass is 16.7. The van der Waals surface area contributed by atoms with Gasteiger partial charge in [-0.25, -0.2) is 0 Å². The van der Waals surface area contributed by atoms with Crippen LogP contribution in [-0.4, -0.2) is 92.5 Å². The molecule has 0 unspecified atom stereocenters. The summed E-state index contributed by atoms with van der Waals surface area (Å²) in [7, 11) is 0. The Morgan fingerprint density at radius 1 is 0.642 bits per heavy atom. The Bertz CT molecular complexity index is 866. The fraction of sp³-hybridized carbons (Fsp3) is 0.932. The molecule has 1 rings (SSSR count). The maximum atomic E-state index is 13.4. The van der Waals surface area contributed by atoms with E-state index in [-0.39, 0.29) is 6.61 Å². The lowest BCUT2D eigenvalue weighted by atomic mass is 9.91. The van der Waals surface area contributed by atoms with Crippen molar-refractivity contribution in [2.45, 2.75) is 237 Å². The Morgan fingerprint density at radius 3 is 1.57 bits per heavy atom. The van der Waals surface area contributed by atoms with Crippen molar-refractivity contribution in [3.05, 3.63) is 12.2 Å². The van der Waals surface area contributed by atoms with Gasteiger partial charge in [-0.3, -0.25) is 4.79 Å². The number of rotatable bonds is 36. The molecule has 0 aliphatic carbocycles. The Balaban J connectivity index is 2.36. The number of ketones is 1. The van der Waals surface area contributed by atoms with Crippen LogP contribution in [0.2, 0.25) is 0 Å². The number of carbonyl (C=O) groups is 1. The molecule has 0 aromatic rings. The normalized spacial score (nSPS) is 22.5. The van der Waals surface area contributed by atoms with Crippen molar-refractivity contribution in [2.75, 3.05) is 13.2 Å². The van der Waals surface area contributed by atoms with Gasteiger partial charge in [-0.1, -0.05) is 187 Å². The second-order valence-electron chi connectivity index (χ2n) is 16.4. The van der Waals surface area contributed by atoms with E-state index in [0.717, 1.165) is 44.4 Å². The molecule has 6 N–H and O–H groups in total. The fourth-order valence-electron chi connectivity index (χ4n) is 7.27. The topological polar surface area (TPSA) is 157 Å². The van der Waals surface area contributed by atoms with Crippen LogP contribution in [-0.2, 0) is 14.3 Å². The van der Waals surface area contributed by atoms with Gasteiger partial charge < -0.3 is 40.1 Å². The van der Waals surface area contributed by atoms with E-state index in [1.807, 2.05) is 6.08 Å². The quantitative estimate of drug-likeness (QED) is 0.0273. The molecule has 0 aromatic carbocycles. The molecule has 9 nitrogen and oxygen atoms in total. The van der Waals surface area contributed by atoms with Crippen LogP contribution in [0.3, 0.4) is 0 Å². The first kappa shape index (κ1) is 50.1. The number of Topliss-reactive ketones (excluding diaryl/α,β-unsaturated/α-hetero) is 1. The monoisotopic (exact) mass is 757 g/mol. The zero-order chi connectivity index (χ0) is 39.1. The molecule has 0 spiro atoms. The first-order valence-corrected chi connectivity index (χ1v) is 22.1. The number of aliphatic hydroxyl groups is 6. The SMILES string of the molecule is CCCCCCCCC/C=C/[C@@H](O)[C@H](CO[C@@H]1O[C@H](CO)[C@H](O)[C@H](O)[C@H]1O)C(=O)[C@H](O)CCCCCCCCCCCCCCCCCCCC(C)C. The van der Waals surface area contributed by atoms with E-state index in [1.54, 1.807) is 6.08 Å². The van der Waals surface area contributed by atoms with Gasteiger partial charge in [0.1, 0.15) is 30.5 Å². The lowest BCUT2D eigenvalue weighted by Gasteiger charge is -2.40. The summed E-state index contributed by atoms with van der Waals surface area (Å²) in [5.41, 5.74) is 0. The standard InChI is InChI=1S/C44H84O9/c1-4-5-6-7-8-18-22-25-28-31-37(46)36(34-52-44-43(51)42(50)41(49)39(33-45)53-44)40(48)38(47)32-29-26-23-20-17-15-13-11-9-10-12-14-16-19-21-24-27-30-35(2)3/h28,31,35-39,41-47,49-51H,4-27,29-30,32-34H2,1-3H3/b31-28+/t36-,37+,38+,39+,41-,42-,43+,44+/m0/s1. The van der Waals surface area contributed by atoms with Gasteiger partial charge >= 0.3 is 0 Å². The van der Waals surface area contributed by atoms with Crippen molar-refractivity contribution in [3.63, 3.8) is 0 Å². The molecular formula is C44H84O9. The van der Waals surface area contributed by atoms with Crippen molar-refractivity contribution in [3.8, 4) is 0 Å². The molecule has 1 aliphatic rings. The summed E-state index contributed by atoms with van der Waals surface area (Å²) in [6.45, 7) is 5.84. The van der Waals surface area contributed by atoms with Gasteiger partial charge in [0, 0.05) is 0 Å². The summed E-state index contributed by atoms with van der Waals surface area (Å²) in [5, 5.41) is 62.0. The van der Waals surface area contributed by atoms with E-state index in [1.165, 1.54) is 122 Å². The summed E-state index contributed by atoms with van der Waals surface area (Å²) in [6, 6.07) is 0. The second kappa shape index (κ2) is 33.3. The van der Waals surface area contributed by atoms with Crippen LogP contribution in [0.4, 0.5) is 0 Å². The van der Waals surface area contributed by atoms with Crippen LogP contribution in [0, 0.1) is 11.8 Å². The fourth-order valence-corrected chi connectivity index (χ4v) is 7.27. The van der Waals surface area contributed by atoms with Crippen molar-refractivity contribution in [2.24, 2.45) is 11.8 Å². The number of unbranched alkanes of at least 4 members (excludes halogenated alkanes) is 23. The van der Waals surface area contributed by atoms with Crippen LogP contribution < -0.4 is 0 Å². The van der Waals surface area contributed by atoms with Crippen LogP contribution in [0.5, 0.6) is 0 Å². The predicted octanol–water partition coefficient (Wildman–Crippen LogP) is 8.47. The molecule has 9 heteroatoms. The molecule has 53 heavy (non-hydrogen) atoms. The van der Waals surface area contributed by atoms with Gasteiger partial charge in [0.2, 0.25) is 0 Å². The zero-order valence-electron chi connectivity index (χ0n) is 34.3. The van der Waals surface area contributed by atoms with Crippen molar-refractivity contribution in [1.29, 1.82) is 0 Å². The molecule has 0 aromatic heterocycles. The van der Waals surface area contributed by atoms with Crippen LogP contribution >= 0.6 is 0 Å². The highest BCUT2D eigenvalue weighted by Crippen LogP contribution is 2.24. The van der Waals surface area contributed by atoms with Crippen LogP contribution in [0.25, 0.3) is 0 Å². The van der Waals surface area contributed by atoms with E-state index in [0.29, 0.717) is 12.8 Å². The first-order valence-electron chi connectivity index (χ1n) is 22.1. The molecule has 0 amide bonds. The highest BCUT2D eigenvalue weighted by Gasteiger charge is 2.44. The second-order valence-corrected chi connectivity index (χ2v) is 16.4. The summed E-state index contributed by atoms with van der Waals surface area (Å²) in [4.78, 5) is 13.4. The van der Waals surface area contributed by atoms with E-state index < -0.39 is 61.2 Å². The summed E-state index contributed by atoms with van der Waals surface area (Å²) in [5.74, 6) is -0.821. The number of carbonyl (C=O) groups excluding carboxylic acids is 1. The van der Waals surface area contributed by atoms with Gasteiger partial charge in [-0.05, 0) is 25.2 Å². The van der Waals surface area contributed by atoms with Crippen molar-refractivity contribution >= 4 is 5.78 Å². The Hall–Kier alpha value is -0.910. The molecule has 1 aliphatic heterocycles. The zero-order valence-corrected chi connectivity index (χ0v) is 34.3. The summed E-state index contributed by atoms with van der Waals surface area (Å²) < 4.78 is 11.1. The third-order valence-corrected chi connectivity index (χ3v) is 11.0. The van der Waals surface area contributed by atoms with Crippen LogP contribution in [0.1, 0.15) is 194 Å². The van der Waals surface area contributed by atoms with Gasteiger partial charge in [0.25, 0.3) is 0 Å². The number of aliphatic hydroxyl groups excluding tert-OH is 6. The average molecular weight is 757 g/mol. The molecular weight excluding hydrogens is 672 g/mol. The van der Waals surface area contributed by atoms with Gasteiger partial charge in [-0.2, -0.15) is 0 Å². The minimum Gasteiger partial charge on any atom is -0.394 e. The molecule has 314 valence electrons. The maximum Gasteiger partial charge on any atom is 0.186 e. The predicted molar refractivity (Wildman–Crippen MR) is 215 cm³/mol. The molecule has 8 atom stereocenters. The van der Waals surface area contributed by atoms with Crippen molar-refractivity contribution < 1.29 is 44.9 Å². The lowest BCUT2D eigenvalue weighted by Crippen LogP contribution is -2.59. The summed E-state index contributed by atoms with van der Waals surface area (Å²) >= 11 is 0. The number of allylic oxidation sites excluding steroid dienone is 1. The largest absolute Gasteiger partial charge is 0.394 e. The average Bonchev–Trinajstić information content (AvgIpc) is 3.14. The lowest BCUT2D eigenvalue weighted by molar-refractivity contribution is -0.303. The van der Waals surface area contributed by atoms with E-state index in [9.17, 15) is 35.4 Å². The van der Waals surface area contributed by atoms with Crippen molar-refractivity contribution in [1.82, 2.24) is 0 Å².